The first-order valence-corrected chi connectivity index (χ1v) is 4.81. The Balaban J connectivity index is 3.04. The van der Waals surface area contributed by atoms with Crippen LogP contribution in [0.5, 0.6) is 5.88 Å². The molecule has 1 rings (SSSR count). The predicted molar refractivity (Wildman–Crippen MR) is 51.5 cm³/mol. The number of aromatic nitrogens is 1. The molecule has 0 atom stereocenters. The van der Waals surface area contributed by atoms with E-state index in [9.17, 15) is 13.2 Å². The van der Waals surface area contributed by atoms with Crippen molar-refractivity contribution in [1.29, 1.82) is 0 Å². The summed E-state index contributed by atoms with van der Waals surface area (Å²) in [6.07, 6.45) is -4.79. The molecule has 0 amide bonds. The van der Waals surface area contributed by atoms with E-state index in [2.05, 4.69) is 25.7 Å². The third kappa shape index (κ3) is 3.51. The third-order valence-corrected chi connectivity index (χ3v) is 2.44. The van der Waals surface area contributed by atoms with Crippen LogP contribution >= 0.6 is 27.5 Å². The van der Waals surface area contributed by atoms with Crippen molar-refractivity contribution >= 4 is 27.5 Å². The van der Waals surface area contributed by atoms with Crippen molar-refractivity contribution in [3.8, 4) is 5.88 Å². The van der Waals surface area contributed by atoms with Crippen LogP contribution in [0, 0.1) is 0 Å². The molecule has 0 aliphatic heterocycles. The highest BCUT2D eigenvalue weighted by molar-refractivity contribution is 9.10. The van der Waals surface area contributed by atoms with Crippen molar-refractivity contribution in [3.63, 3.8) is 0 Å². The van der Waals surface area contributed by atoms with Gasteiger partial charge in [-0.2, -0.15) is 0 Å². The Hall–Kier alpha value is -0.530. The van der Waals surface area contributed by atoms with E-state index in [0.29, 0.717) is 10.0 Å². The monoisotopic (exact) mass is 304 g/mol. The van der Waals surface area contributed by atoms with Crippen LogP contribution in [0.15, 0.2) is 10.5 Å². The summed E-state index contributed by atoms with van der Waals surface area (Å²) in [5.74, 6) is -0.628. The largest absolute Gasteiger partial charge is 0.574 e. The lowest BCUT2D eigenvalue weighted by Crippen LogP contribution is -2.18. The van der Waals surface area contributed by atoms with Crippen molar-refractivity contribution in [2.45, 2.75) is 12.9 Å². The number of nitrogens with two attached hydrogens (primary N) is 1. The van der Waals surface area contributed by atoms with Crippen LogP contribution in [-0.2, 0) is 6.54 Å². The molecule has 0 bridgehead atoms. The molecule has 15 heavy (non-hydrogen) atoms. The lowest BCUT2D eigenvalue weighted by molar-refractivity contribution is -0.276. The first-order valence-electron chi connectivity index (χ1n) is 3.64. The molecule has 1 aromatic heterocycles. The Morgan fingerprint density at radius 1 is 1.53 bits per heavy atom. The molecule has 0 aromatic carbocycles. The summed E-state index contributed by atoms with van der Waals surface area (Å²) in [6, 6.07) is 1.06. The highest BCUT2D eigenvalue weighted by Crippen LogP contribution is 2.29. The summed E-state index contributed by atoms with van der Waals surface area (Å²) in [4.78, 5) is 3.40. The fourth-order valence-corrected chi connectivity index (χ4v) is 1.77. The Kier molecular flexibility index (Phi) is 3.80. The number of pyridine rings is 1. The van der Waals surface area contributed by atoms with E-state index >= 15 is 0 Å². The average Bonchev–Trinajstić information content (AvgIpc) is 1.99. The number of rotatable bonds is 2. The van der Waals surface area contributed by atoms with E-state index in [-0.39, 0.29) is 11.7 Å². The maximum atomic E-state index is 11.8. The number of ether oxygens (including phenoxy) is 1. The normalized spacial score (nSPS) is 11.6. The zero-order chi connectivity index (χ0) is 11.6. The second kappa shape index (κ2) is 4.54. The van der Waals surface area contributed by atoms with Gasteiger partial charge < -0.3 is 10.5 Å². The Morgan fingerprint density at radius 3 is 2.53 bits per heavy atom. The van der Waals surface area contributed by atoms with E-state index in [1.807, 2.05) is 0 Å². The molecule has 0 aliphatic carbocycles. The lowest BCUT2D eigenvalue weighted by atomic mass is 10.3. The van der Waals surface area contributed by atoms with Crippen LogP contribution in [0.4, 0.5) is 13.2 Å². The molecule has 0 aliphatic rings. The number of hydrogen-bond acceptors (Lipinski definition) is 3. The van der Waals surface area contributed by atoms with Crippen LogP contribution in [0.2, 0.25) is 5.15 Å². The molecular weight excluding hydrogens is 300 g/mol. The molecule has 0 unspecified atom stereocenters. The lowest BCUT2D eigenvalue weighted by Gasteiger charge is -2.10. The molecule has 0 saturated heterocycles. The van der Waals surface area contributed by atoms with E-state index in [1.165, 1.54) is 0 Å². The van der Waals surface area contributed by atoms with Crippen molar-refractivity contribution in [2.75, 3.05) is 0 Å². The first kappa shape index (κ1) is 12.5. The summed E-state index contributed by atoms with van der Waals surface area (Å²) in [5.41, 5.74) is 5.73. The van der Waals surface area contributed by atoms with E-state index < -0.39 is 12.2 Å². The first-order chi connectivity index (χ1) is 6.83. The van der Waals surface area contributed by atoms with Gasteiger partial charge in [-0.3, -0.25) is 0 Å². The van der Waals surface area contributed by atoms with Gasteiger partial charge in [-0.05, 0) is 0 Å². The van der Waals surface area contributed by atoms with Gasteiger partial charge in [0.05, 0.1) is 0 Å². The second-order valence-corrected chi connectivity index (χ2v) is 3.68. The molecule has 1 heterocycles. The van der Waals surface area contributed by atoms with Gasteiger partial charge in [0, 0.05) is 22.6 Å². The van der Waals surface area contributed by atoms with Gasteiger partial charge in [0.1, 0.15) is 5.15 Å². The summed E-state index contributed by atoms with van der Waals surface area (Å²) in [5, 5.41) is -0.119. The Morgan fingerprint density at radius 2 is 2.13 bits per heavy atom. The number of hydrogen-bond donors (Lipinski definition) is 1. The summed E-state index contributed by atoms with van der Waals surface area (Å²) in [6.45, 7) is 0.0682. The minimum absolute atomic E-state index is 0.0682. The molecule has 1 aromatic rings. The maximum absolute atomic E-state index is 11.8. The number of nitrogens with zero attached hydrogens (tertiary/aromatic N) is 1. The highest BCUT2D eigenvalue weighted by Gasteiger charge is 2.32. The standard InChI is InChI=1S/C7H5BrClF3N2O/c8-4-1-5(15-7(10,11)12)14-6(9)3(4)2-13/h1H,2,13H2. The van der Waals surface area contributed by atoms with Crippen molar-refractivity contribution in [2.24, 2.45) is 5.73 Å². The average molecular weight is 305 g/mol. The van der Waals surface area contributed by atoms with Crippen LogP contribution < -0.4 is 10.5 Å². The van der Waals surface area contributed by atoms with Crippen LogP contribution in [-0.4, -0.2) is 11.3 Å². The van der Waals surface area contributed by atoms with Crippen LogP contribution in [0.3, 0.4) is 0 Å². The number of halogens is 5. The van der Waals surface area contributed by atoms with Crippen molar-refractivity contribution < 1.29 is 17.9 Å². The minimum Gasteiger partial charge on any atom is -0.388 e. The summed E-state index contributed by atoms with van der Waals surface area (Å²) >= 11 is 8.61. The van der Waals surface area contributed by atoms with Crippen molar-refractivity contribution in [3.05, 3.63) is 21.3 Å². The molecule has 3 nitrogen and oxygen atoms in total. The van der Waals surface area contributed by atoms with E-state index in [1.54, 1.807) is 0 Å². The van der Waals surface area contributed by atoms with E-state index in [0.717, 1.165) is 6.07 Å². The molecule has 0 saturated carbocycles. The Labute approximate surface area is 96.5 Å². The fraction of sp³-hybridized carbons (Fsp3) is 0.286. The SMILES string of the molecule is NCc1c(Br)cc(OC(F)(F)F)nc1Cl. The second-order valence-electron chi connectivity index (χ2n) is 2.46. The molecule has 2 N–H and O–H groups in total. The number of alkyl halides is 3. The fourth-order valence-electron chi connectivity index (χ4n) is 0.843. The molecule has 0 fully saturated rings. The zero-order valence-electron chi connectivity index (χ0n) is 7.11. The van der Waals surface area contributed by atoms with Gasteiger partial charge in [0.25, 0.3) is 0 Å². The van der Waals surface area contributed by atoms with E-state index in [4.69, 9.17) is 17.3 Å². The predicted octanol–water partition coefficient (Wildman–Crippen LogP) is 2.85. The van der Waals surface area contributed by atoms with Gasteiger partial charge in [-0.15, -0.1) is 13.2 Å². The zero-order valence-corrected chi connectivity index (χ0v) is 9.45. The van der Waals surface area contributed by atoms with Gasteiger partial charge in [-0.25, -0.2) is 4.98 Å². The molecule has 0 spiro atoms. The van der Waals surface area contributed by atoms with Gasteiger partial charge in [0.2, 0.25) is 5.88 Å². The Bertz CT molecular complexity index is 349. The highest BCUT2D eigenvalue weighted by atomic mass is 79.9. The van der Waals surface area contributed by atoms with Gasteiger partial charge in [0.15, 0.2) is 0 Å². The molecule has 84 valence electrons. The summed E-state index contributed by atoms with van der Waals surface area (Å²) in [7, 11) is 0. The minimum atomic E-state index is -4.79. The topological polar surface area (TPSA) is 48.1 Å². The van der Waals surface area contributed by atoms with Gasteiger partial charge >= 0.3 is 6.36 Å². The maximum Gasteiger partial charge on any atom is 0.574 e. The quantitative estimate of drug-likeness (QED) is 0.855. The summed E-state index contributed by atoms with van der Waals surface area (Å²) < 4.78 is 39.4. The smallest absolute Gasteiger partial charge is 0.388 e. The van der Waals surface area contributed by atoms with Crippen LogP contribution in [0.25, 0.3) is 0 Å². The van der Waals surface area contributed by atoms with Crippen molar-refractivity contribution in [1.82, 2.24) is 4.98 Å². The van der Waals surface area contributed by atoms with Gasteiger partial charge in [-0.1, -0.05) is 27.5 Å². The van der Waals surface area contributed by atoms with Crippen LogP contribution in [0.1, 0.15) is 5.56 Å². The molecular formula is C7H5BrClF3N2O. The molecule has 0 radical (unpaired) electrons. The third-order valence-electron chi connectivity index (χ3n) is 1.42. The molecule has 8 heteroatoms.